The predicted octanol–water partition coefficient (Wildman–Crippen LogP) is 6.37. The van der Waals surface area contributed by atoms with Crippen LogP contribution in [0.25, 0.3) is 21.0 Å². The minimum Gasteiger partial charge on any atom is -0.497 e. The van der Waals surface area contributed by atoms with Gasteiger partial charge in [0.25, 0.3) is 0 Å². The summed E-state index contributed by atoms with van der Waals surface area (Å²) in [5, 5.41) is 3.37. The quantitative estimate of drug-likeness (QED) is 0.347. The van der Waals surface area contributed by atoms with E-state index < -0.39 is 0 Å². The topological polar surface area (TPSA) is 47.5 Å². The first-order chi connectivity index (χ1) is 16.2. The smallest absolute Gasteiger partial charge is 0.231 e. The number of aromatic nitrogens is 2. The van der Waals surface area contributed by atoms with Crippen molar-refractivity contribution in [3.8, 4) is 17.4 Å². The van der Waals surface area contributed by atoms with Gasteiger partial charge in [0.2, 0.25) is 5.88 Å². The Labute approximate surface area is 198 Å². The average Bonchev–Trinajstić information content (AvgIpc) is 3.41. The molecule has 1 saturated heterocycles. The Bertz CT molecular complexity index is 1320. The molecule has 2 aromatic carbocycles. The number of rotatable bonds is 5. The molecule has 5 nitrogen and oxygen atoms in total. The zero-order valence-electron chi connectivity index (χ0n) is 19.3. The van der Waals surface area contributed by atoms with Crippen LogP contribution >= 0.6 is 11.3 Å². The van der Waals surface area contributed by atoms with Gasteiger partial charge in [-0.1, -0.05) is 19.1 Å². The number of benzene rings is 2. The zero-order valence-corrected chi connectivity index (χ0v) is 20.1. The van der Waals surface area contributed by atoms with E-state index in [1.807, 2.05) is 29.5 Å². The third-order valence-corrected chi connectivity index (χ3v) is 8.24. The molecule has 170 valence electrons. The minimum absolute atomic E-state index is 0.710. The third kappa shape index (κ3) is 4.06. The highest BCUT2D eigenvalue weighted by Gasteiger charge is 2.25. The number of methoxy groups -OCH3 is 1. The molecule has 0 atom stereocenters. The van der Waals surface area contributed by atoms with E-state index in [2.05, 4.69) is 30.0 Å². The summed E-state index contributed by atoms with van der Waals surface area (Å²) in [6.45, 7) is 5.37. The molecule has 1 aliphatic heterocycles. The molecule has 0 spiro atoms. The van der Waals surface area contributed by atoms with Gasteiger partial charge in [-0.25, -0.2) is 4.98 Å². The molecule has 2 aliphatic rings. The highest BCUT2D eigenvalue weighted by atomic mass is 32.1. The second-order valence-corrected chi connectivity index (χ2v) is 10.5. The number of likely N-dealkylation sites (tertiary alicyclic amines) is 1. The van der Waals surface area contributed by atoms with Gasteiger partial charge in [0.05, 0.1) is 19.0 Å². The van der Waals surface area contributed by atoms with Gasteiger partial charge < -0.3 is 9.47 Å². The molecule has 2 aromatic heterocycles. The van der Waals surface area contributed by atoms with Crippen LogP contribution < -0.4 is 9.47 Å². The van der Waals surface area contributed by atoms with Crippen LogP contribution in [0, 0.1) is 5.92 Å². The molecular formula is C27H29N3O2S. The lowest BCUT2D eigenvalue weighted by molar-refractivity contribution is 0.181. The monoisotopic (exact) mass is 459 g/mol. The number of aryl methyl sites for hydroxylation is 2. The van der Waals surface area contributed by atoms with Crippen LogP contribution in [-0.2, 0) is 19.4 Å². The highest BCUT2D eigenvalue weighted by Crippen LogP contribution is 2.42. The van der Waals surface area contributed by atoms with Crippen molar-refractivity contribution in [1.29, 1.82) is 0 Å². The minimum atomic E-state index is 0.710. The van der Waals surface area contributed by atoms with E-state index in [9.17, 15) is 0 Å². The summed E-state index contributed by atoms with van der Waals surface area (Å²) in [7, 11) is 1.70. The summed E-state index contributed by atoms with van der Waals surface area (Å²) in [6.07, 6.45) is 5.94. The Morgan fingerprint density at radius 1 is 1.00 bits per heavy atom. The summed E-state index contributed by atoms with van der Waals surface area (Å²) in [5.74, 6) is 4.04. The maximum absolute atomic E-state index is 6.50. The number of ether oxygens (including phenoxy) is 2. The van der Waals surface area contributed by atoms with Crippen molar-refractivity contribution in [2.45, 2.75) is 45.6 Å². The number of fused-ring (bicyclic) bond motifs is 4. The van der Waals surface area contributed by atoms with Crippen molar-refractivity contribution in [1.82, 2.24) is 14.9 Å². The van der Waals surface area contributed by atoms with Crippen LogP contribution in [0.5, 0.6) is 17.4 Å². The molecule has 1 aliphatic carbocycles. The molecule has 0 N–H and O–H groups in total. The molecule has 33 heavy (non-hydrogen) atoms. The van der Waals surface area contributed by atoms with E-state index in [1.54, 1.807) is 7.11 Å². The molecule has 1 fully saturated rings. The van der Waals surface area contributed by atoms with Crippen LogP contribution in [0.3, 0.4) is 0 Å². The van der Waals surface area contributed by atoms with Gasteiger partial charge >= 0.3 is 0 Å². The molecule has 3 heterocycles. The number of piperidine rings is 1. The Hall–Kier alpha value is -2.70. The average molecular weight is 460 g/mol. The van der Waals surface area contributed by atoms with Crippen LogP contribution in [0.15, 0.2) is 36.4 Å². The van der Waals surface area contributed by atoms with Crippen LogP contribution in [0.4, 0.5) is 0 Å². The summed E-state index contributed by atoms with van der Waals surface area (Å²) in [4.78, 5) is 15.0. The van der Waals surface area contributed by atoms with Crippen molar-refractivity contribution in [3.05, 3.63) is 52.7 Å². The lowest BCUT2D eigenvalue weighted by Crippen LogP contribution is -2.32. The number of hydrogen-bond acceptors (Lipinski definition) is 6. The van der Waals surface area contributed by atoms with Crippen molar-refractivity contribution in [2.75, 3.05) is 20.2 Å². The molecule has 6 heteroatoms. The van der Waals surface area contributed by atoms with Crippen molar-refractivity contribution < 1.29 is 9.47 Å². The van der Waals surface area contributed by atoms with Gasteiger partial charge in [0.15, 0.2) is 0 Å². The summed E-state index contributed by atoms with van der Waals surface area (Å²) >= 11 is 1.83. The van der Waals surface area contributed by atoms with E-state index in [4.69, 9.17) is 19.4 Å². The second kappa shape index (κ2) is 8.58. The van der Waals surface area contributed by atoms with Gasteiger partial charge in [-0.3, -0.25) is 4.90 Å². The second-order valence-electron chi connectivity index (χ2n) is 9.42. The van der Waals surface area contributed by atoms with E-state index in [-0.39, 0.29) is 0 Å². The molecule has 0 unspecified atom stereocenters. The van der Waals surface area contributed by atoms with Crippen molar-refractivity contribution in [2.24, 2.45) is 5.92 Å². The molecular weight excluding hydrogens is 430 g/mol. The summed E-state index contributed by atoms with van der Waals surface area (Å²) < 4.78 is 11.9. The van der Waals surface area contributed by atoms with Crippen LogP contribution in [-0.4, -0.2) is 35.1 Å². The van der Waals surface area contributed by atoms with Gasteiger partial charge in [-0.2, -0.15) is 4.98 Å². The van der Waals surface area contributed by atoms with E-state index in [1.165, 1.54) is 29.7 Å². The molecule has 0 saturated carbocycles. The van der Waals surface area contributed by atoms with E-state index in [0.29, 0.717) is 5.88 Å². The van der Waals surface area contributed by atoms with Gasteiger partial charge in [0, 0.05) is 4.88 Å². The van der Waals surface area contributed by atoms with Gasteiger partial charge in [-0.05, 0) is 91.7 Å². The van der Waals surface area contributed by atoms with Crippen molar-refractivity contribution >= 4 is 32.3 Å². The van der Waals surface area contributed by atoms with Gasteiger partial charge in [-0.15, -0.1) is 11.3 Å². The first-order valence-corrected chi connectivity index (χ1v) is 12.8. The third-order valence-electron chi connectivity index (χ3n) is 7.05. The fraction of sp³-hybridized carbons (Fsp3) is 0.407. The molecule has 4 aromatic rings. The SMILES string of the molecule is COc1ccc2ccc(Oc3nc(CN4CCC(C)CC4)nc4sc5c(c34)CCC5)cc2c1. The Morgan fingerprint density at radius 3 is 2.61 bits per heavy atom. The van der Waals surface area contributed by atoms with Gasteiger partial charge in [0.1, 0.15) is 22.2 Å². The summed E-state index contributed by atoms with van der Waals surface area (Å²) in [6, 6.07) is 12.3. The largest absolute Gasteiger partial charge is 0.497 e. The van der Waals surface area contributed by atoms with E-state index >= 15 is 0 Å². The maximum Gasteiger partial charge on any atom is 0.231 e. The van der Waals surface area contributed by atoms with Crippen LogP contribution in [0.1, 0.15) is 42.5 Å². The molecule has 6 rings (SSSR count). The maximum atomic E-state index is 6.50. The van der Waals surface area contributed by atoms with Crippen molar-refractivity contribution in [3.63, 3.8) is 0 Å². The molecule has 0 radical (unpaired) electrons. The number of thiophene rings is 1. The standard InChI is InChI=1S/C27H29N3O2S/c1-17-10-12-30(13-11-17)16-24-28-26(25-22-4-3-5-23(22)33-27(25)29-24)32-21-9-7-18-6-8-20(31-2)14-19(18)15-21/h6-9,14-15,17H,3-5,10-13,16H2,1-2H3. The fourth-order valence-corrected chi connectivity index (χ4v) is 6.34. The Balaban J connectivity index is 1.38. The zero-order chi connectivity index (χ0) is 22.4. The Kier molecular flexibility index (Phi) is 5.43. The normalized spacial score (nSPS) is 17.0. The lowest BCUT2D eigenvalue weighted by atomic mass is 9.99. The first-order valence-electron chi connectivity index (χ1n) is 12.0. The first kappa shape index (κ1) is 20.9. The Morgan fingerprint density at radius 2 is 1.79 bits per heavy atom. The predicted molar refractivity (Wildman–Crippen MR) is 134 cm³/mol. The number of hydrogen-bond donors (Lipinski definition) is 0. The van der Waals surface area contributed by atoms with Crippen LogP contribution in [0.2, 0.25) is 0 Å². The molecule has 0 bridgehead atoms. The fourth-order valence-electron chi connectivity index (χ4n) is 5.07. The number of nitrogens with zero attached hydrogens (tertiary/aromatic N) is 3. The molecule has 0 amide bonds. The highest BCUT2D eigenvalue weighted by molar-refractivity contribution is 7.19. The van der Waals surface area contributed by atoms with E-state index in [0.717, 1.165) is 76.7 Å². The lowest BCUT2D eigenvalue weighted by Gasteiger charge is -2.29. The summed E-state index contributed by atoms with van der Waals surface area (Å²) in [5.41, 5.74) is 1.39.